The van der Waals surface area contributed by atoms with Crippen LogP contribution in [0.15, 0.2) is 0 Å². The Labute approximate surface area is 61.2 Å². The molecule has 0 N–H and O–H groups in total. The van der Waals surface area contributed by atoms with E-state index in [1.807, 2.05) is 0 Å². The first kappa shape index (κ1) is 6.59. The minimum Gasteiger partial charge on any atom is -0.295 e. The number of alkyl halides is 1. The zero-order valence-electron chi connectivity index (χ0n) is 6.44. The summed E-state index contributed by atoms with van der Waals surface area (Å²) in [6, 6.07) is 0. The monoisotopic (exact) mass is 143 g/mol. The van der Waals surface area contributed by atoms with Crippen LogP contribution in [0, 0.1) is 0 Å². The molecule has 0 saturated carbocycles. The highest BCUT2D eigenvalue weighted by molar-refractivity contribution is 5.00. The summed E-state index contributed by atoms with van der Waals surface area (Å²) in [4.78, 5) is 2.30. The van der Waals surface area contributed by atoms with Gasteiger partial charge in [-0.05, 0) is 32.7 Å². The molecule has 2 atom stereocenters. The van der Waals surface area contributed by atoms with Gasteiger partial charge in [-0.1, -0.05) is 0 Å². The van der Waals surface area contributed by atoms with E-state index in [-0.39, 0.29) is 5.54 Å². The molecule has 0 amide bonds. The van der Waals surface area contributed by atoms with Gasteiger partial charge in [0.15, 0.2) is 0 Å². The molecule has 0 radical (unpaired) electrons. The molecule has 2 aliphatic rings. The van der Waals surface area contributed by atoms with Gasteiger partial charge in [-0.25, -0.2) is 4.39 Å². The predicted molar refractivity (Wildman–Crippen MR) is 38.7 cm³/mol. The molecule has 2 heteroatoms. The van der Waals surface area contributed by atoms with E-state index in [1.54, 1.807) is 0 Å². The topological polar surface area (TPSA) is 3.24 Å². The van der Waals surface area contributed by atoms with Crippen molar-refractivity contribution in [1.29, 1.82) is 0 Å². The van der Waals surface area contributed by atoms with E-state index >= 15 is 0 Å². The minimum atomic E-state index is -0.551. The van der Waals surface area contributed by atoms with Crippen LogP contribution in [0.3, 0.4) is 0 Å². The molecule has 1 nitrogen and oxygen atoms in total. The first-order valence-corrected chi connectivity index (χ1v) is 4.10. The number of fused-ring (bicyclic) bond motifs is 1. The molecule has 1 unspecified atom stereocenters. The molecule has 2 fully saturated rings. The van der Waals surface area contributed by atoms with Crippen molar-refractivity contribution in [3.05, 3.63) is 0 Å². The third-order valence-corrected chi connectivity index (χ3v) is 2.99. The number of halogens is 1. The maximum atomic E-state index is 12.8. The maximum Gasteiger partial charge on any atom is 0.115 e. The van der Waals surface area contributed by atoms with Crippen molar-refractivity contribution < 1.29 is 4.39 Å². The van der Waals surface area contributed by atoms with Crippen LogP contribution in [-0.2, 0) is 0 Å². The Bertz CT molecular complexity index is 148. The Kier molecular flexibility index (Phi) is 1.28. The normalized spacial score (nSPS) is 48.0. The zero-order chi connectivity index (χ0) is 7.19. The smallest absolute Gasteiger partial charge is 0.115 e. The molecule has 0 bridgehead atoms. The molecule has 2 rings (SSSR count). The van der Waals surface area contributed by atoms with Crippen molar-refractivity contribution in [2.75, 3.05) is 13.1 Å². The molecule has 0 aromatic carbocycles. The van der Waals surface area contributed by atoms with E-state index in [4.69, 9.17) is 0 Å². The summed E-state index contributed by atoms with van der Waals surface area (Å²) in [5, 5.41) is 0. The van der Waals surface area contributed by atoms with Crippen molar-refractivity contribution in [2.24, 2.45) is 0 Å². The van der Waals surface area contributed by atoms with Gasteiger partial charge in [-0.2, -0.15) is 0 Å². The van der Waals surface area contributed by atoms with Crippen molar-refractivity contribution in [1.82, 2.24) is 4.90 Å². The van der Waals surface area contributed by atoms with Gasteiger partial charge in [0.25, 0.3) is 0 Å². The van der Waals surface area contributed by atoms with E-state index in [2.05, 4.69) is 11.8 Å². The third-order valence-electron chi connectivity index (χ3n) is 2.99. The molecule has 58 valence electrons. The lowest BCUT2D eigenvalue weighted by molar-refractivity contribution is 0.217. The second-order valence-corrected chi connectivity index (χ2v) is 3.85. The Morgan fingerprint density at radius 1 is 1.60 bits per heavy atom. The highest BCUT2D eigenvalue weighted by Crippen LogP contribution is 2.39. The Balaban J connectivity index is 2.15. The van der Waals surface area contributed by atoms with E-state index in [1.165, 1.54) is 12.8 Å². The van der Waals surface area contributed by atoms with E-state index in [0.717, 1.165) is 13.0 Å². The van der Waals surface area contributed by atoms with Gasteiger partial charge in [-0.3, -0.25) is 4.90 Å². The lowest BCUT2D eigenvalue weighted by Gasteiger charge is -2.25. The van der Waals surface area contributed by atoms with Crippen molar-refractivity contribution in [2.45, 2.75) is 37.9 Å². The van der Waals surface area contributed by atoms with Crippen LogP contribution in [0.1, 0.15) is 26.2 Å². The molecule has 0 aromatic rings. The Morgan fingerprint density at radius 2 is 2.40 bits per heavy atom. The summed E-state index contributed by atoms with van der Waals surface area (Å²) in [5.41, 5.74) is 0.236. The molecular formula is C8H14FN. The van der Waals surface area contributed by atoms with Crippen LogP contribution in [0.5, 0.6) is 0 Å². The fourth-order valence-electron chi connectivity index (χ4n) is 2.40. The number of hydrogen-bond donors (Lipinski definition) is 0. The first-order chi connectivity index (χ1) is 4.71. The quantitative estimate of drug-likeness (QED) is 0.497. The number of nitrogens with zero attached hydrogens (tertiary/aromatic N) is 1. The van der Waals surface area contributed by atoms with Crippen molar-refractivity contribution in [3.63, 3.8) is 0 Å². The largest absolute Gasteiger partial charge is 0.295 e. The van der Waals surface area contributed by atoms with E-state index < -0.39 is 6.17 Å². The van der Waals surface area contributed by atoms with Gasteiger partial charge in [-0.15, -0.1) is 0 Å². The summed E-state index contributed by atoms with van der Waals surface area (Å²) < 4.78 is 12.8. The third kappa shape index (κ3) is 0.782. The second kappa shape index (κ2) is 1.94. The molecule has 0 aromatic heterocycles. The molecule has 2 heterocycles. The maximum absolute atomic E-state index is 12.8. The Morgan fingerprint density at radius 3 is 3.10 bits per heavy atom. The van der Waals surface area contributed by atoms with Gasteiger partial charge in [0.2, 0.25) is 0 Å². The lowest BCUT2D eigenvalue weighted by Crippen LogP contribution is -2.34. The average Bonchev–Trinajstić information content (AvgIpc) is 2.20. The second-order valence-electron chi connectivity index (χ2n) is 3.85. The van der Waals surface area contributed by atoms with Crippen LogP contribution >= 0.6 is 0 Å². The summed E-state index contributed by atoms with van der Waals surface area (Å²) in [6.45, 7) is 4.01. The number of hydrogen-bond acceptors (Lipinski definition) is 1. The SMILES string of the molecule is CC12CCCN1C[C@H](F)C2. The van der Waals surface area contributed by atoms with Gasteiger partial charge < -0.3 is 0 Å². The molecule has 0 aliphatic carbocycles. The van der Waals surface area contributed by atoms with Crippen LogP contribution in [0.25, 0.3) is 0 Å². The fraction of sp³-hybridized carbons (Fsp3) is 1.00. The molecule has 10 heavy (non-hydrogen) atoms. The van der Waals surface area contributed by atoms with Crippen LogP contribution in [-0.4, -0.2) is 29.7 Å². The summed E-state index contributed by atoms with van der Waals surface area (Å²) in [6.07, 6.45) is 2.69. The summed E-state index contributed by atoms with van der Waals surface area (Å²) in [5.74, 6) is 0. The minimum absolute atomic E-state index is 0.236. The fourth-order valence-corrected chi connectivity index (χ4v) is 2.40. The molecule has 2 aliphatic heterocycles. The summed E-state index contributed by atoms with van der Waals surface area (Å²) in [7, 11) is 0. The van der Waals surface area contributed by atoms with Crippen LogP contribution in [0.4, 0.5) is 4.39 Å². The van der Waals surface area contributed by atoms with Gasteiger partial charge in [0.1, 0.15) is 6.17 Å². The van der Waals surface area contributed by atoms with Crippen molar-refractivity contribution in [3.8, 4) is 0 Å². The van der Waals surface area contributed by atoms with Gasteiger partial charge in [0.05, 0.1) is 0 Å². The zero-order valence-corrected chi connectivity index (χ0v) is 6.44. The van der Waals surface area contributed by atoms with Crippen LogP contribution < -0.4 is 0 Å². The summed E-state index contributed by atoms with van der Waals surface area (Å²) >= 11 is 0. The first-order valence-electron chi connectivity index (χ1n) is 4.10. The standard InChI is InChI=1S/C8H14FN/c1-8-3-2-4-10(8)6-7(9)5-8/h7H,2-6H2,1H3/t7-,8?/m1/s1. The predicted octanol–water partition coefficient (Wildman–Crippen LogP) is 1.58. The van der Waals surface area contributed by atoms with Crippen LogP contribution in [0.2, 0.25) is 0 Å². The molecular weight excluding hydrogens is 129 g/mol. The lowest BCUT2D eigenvalue weighted by atomic mass is 9.97. The molecule has 0 spiro atoms. The van der Waals surface area contributed by atoms with Gasteiger partial charge >= 0.3 is 0 Å². The highest BCUT2D eigenvalue weighted by Gasteiger charge is 2.44. The van der Waals surface area contributed by atoms with E-state index in [0.29, 0.717) is 6.54 Å². The molecule has 2 saturated heterocycles. The van der Waals surface area contributed by atoms with Crippen molar-refractivity contribution >= 4 is 0 Å². The highest BCUT2D eigenvalue weighted by atomic mass is 19.1. The van der Waals surface area contributed by atoms with Gasteiger partial charge in [0, 0.05) is 12.1 Å². The average molecular weight is 143 g/mol. The number of rotatable bonds is 0. The van der Waals surface area contributed by atoms with E-state index in [9.17, 15) is 4.39 Å². The Hall–Kier alpha value is -0.110.